The zero-order valence-corrected chi connectivity index (χ0v) is 23.3. The maximum absolute atomic E-state index is 12.5. The lowest BCUT2D eigenvalue weighted by Gasteiger charge is -2.20. The zero-order valence-electron chi connectivity index (χ0n) is 23.3. The number of benzene rings is 1. The Morgan fingerprint density at radius 2 is 1.57 bits per heavy atom. The number of carbonyl (C=O) groups excluding carboxylic acids is 2. The van der Waals surface area contributed by atoms with Crippen LogP contribution in [0, 0.1) is 0 Å². The molecule has 1 heterocycles. The second kappa shape index (κ2) is 13.8. The van der Waals surface area contributed by atoms with Crippen molar-refractivity contribution in [3.05, 3.63) is 59.4 Å². The maximum atomic E-state index is 12.5. The molecule has 0 radical (unpaired) electrons. The number of pyridine rings is 1. The Morgan fingerprint density at radius 3 is 2.19 bits per heavy atom. The van der Waals surface area contributed by atoms with Crippen LogP contribution < -0.4 is 9.47 Å². The molecule has 1 aromatic heterocycles. The number of aromatic nitrogens is 1. The smallest absolute Gasteiger partial charge is 0.357 e. The second-order valence-corrected chi connectivity index (χ2v) is 10.7. The molecule has 0 aliphatic carbocycles. The van der Waals surface area contributed by atoms with Crippen LogP contribution in [0.4, 0.5) is 0 Å². The van der Waals surface area contributed by atoms with Crippen LogP contribution in [0.15, 0.2) is 42.5 Å². The van der Waals surface area contributed by atoms with Crippen molar-refractivity contribution >= 4 is 18.0 Å². The molecule has 0 N–H and O–H groups in total. The molecular formula is C30H41NO6. The van der Waals surface area contributed by atoms with Gasteiger partial charge in [-0.15, -0.1) is 0 Å². The molecule has 1 aromatic carbocycles. The molecule has 202 valence electrons. The number of carbonyl (C=O) groups is 2. The molecule has 0 saturated heterocycles. The van der Waals surface area contributed by atoms with E-state index >= 15 is 0 Å². The Labute approximate surface area is 221 Å². The predicted molar refractivity (Wildman–Crippen MR) is 145 cm³/mol. The van der Waals surface area contributed by atoms with Crippen LogP contribution in [0.2, 0.25) is 0 Å². The Morgan fingerprint density at radius 1 is 0.892 bits per heavy atom. The highest BCUT2D eigenvalue weighted by Crippen LogP contribution is 2.22. The molecule has 0 aliphatic heterocycles. The number of esters is 2. The van der Waals surface area contributed by atoms with Gasteiger partial charge in [-0.25, -0.2) is 9.78 Å². The minimum Gasteiger partial charge on any atom is -0.497 e. The number of hydrogen-bond acceptors (Lipinski definition) is 7. The summed E-state index contributed by atoms with van der Waals surface area (Å²) in [5, 5.41) is 0. The molecule has 37 heavy (non-hydrogen) atoms. The van der Waals surface area contributed by atoms with E-state index in [0.29, 0.717) is 24.5 Å². The minimum absolute atomic E-state index is 0.133. The summed E-state index contributed by atoms with van der Waals surface area (Å²) in [5.41, 5.74) is 0.651. The van der Waals surface area contributed by atoms with E-state index in [-0.39, 0.29) is 18.1 Å². The van der Waals surface area contributed by atoms with E-state index in [1.54, 1.807) is 40.0 Å². The standard InChI is InChI=1S/C30H41NO6/c1-29(2,3)36-27(32)20-18-24-26(19-17-25(31-24)28(33)37-30(4,5)6)35-21-11-9-8-10-12-22-13-15-23(34-7)16-14-22/h10,12-17,19H,8-9,11,18,20-21H2,1-7H3. The number of allylic oxidation sites excluding steroid dienone is 1. The Kier molecular flexibility index (Phi) is 11.2. The van der Waals surface area contributed by atoms with Crippen molar-refractivity contribution < 1.29 is 28.5 Å². The second-order valence-electron chi connectivity index (χ2n) is 10.7. The molecule has 0 spiro atoms. The molecule has 2 aromatic rings. The van der Waals surface area contributed by atoms with E-state index in [1.165, 1.54) is 0 Å². The SMILES string of the molecule is COc1ccc(C=CCCCCOc2ccc(C(=O)OC(C)(C)C)nc2CCC(=O)OC(C)(C)C)cc1. The van der Waals surface area contributed by atoms with E-state index in [0.717, 1.165) is 30.6 Å². The number of ether oxygens (including phenoxy) is 4. The lowest BCUT2D eigenvalue weighted by Crippen LogP contribution is -2.25. The monoisotopic (exact) mass is 511 g/mol. The molecule has 2 rings (SSSR count). The summed E-state index contributed by atoms with van der Waals surface area (Å²) in [6.07, 6.45) is 7.41. The van der Waals surface area contributed by atoms with E-state index in [2.05, 4.69) is 17.1 Å². The predicted octanol–water partition coefficient (Wildman–Crippen LogP) is 6.58. The Balaban J connectivity index is 1.94. The molecule has 7 nitrogen and oxygen atoms in total. The van der Waals surface area contributed by atoms with Gasteiger partial charge in [-0.3, -0.25) is 4.79 Å². The van der Waals surface area contributed by atoms with Crippen LogP contribution in [0.5, 0.6) is 11.5 Å². The highest BCUT2D eigenvalue weighted by Gasteiger charge is 2.21. The summed E-state index contributed by atoms with van der Waals surface area (Å²) in [5.74, 6) is 0.561. The number of unbranched alkanes of at least 4 members (excludes halogenated alkanes) is 2. The fourth-order valence-corrected chi connectivity index (χ4v) is 3.34. The van der Waals surface area contributed by atoms with Crippen molar-refractivity contribution in [3.63, 3.8) is 0 Å². The van der Waals surface area contributed by atoms with Gasteiger partial charge in [0.2, 0.25) is 0 Å². The maximum Gasteiger partial charge on any atom is 0.357 e. The van der Waals surface area contributed by atoms with Crippen LogP contribution in [-0.4, -0.2) is 41.8 Å². The first-order chi connectivity index (χ1) is 17.4. The highest BCUT2D eigenvalue weighted by atomic mass is 16.6. The molecule has 0 fully saturated rings. The number of nitrogens with zero attached hydrogens (tertiary/aromatic N) is 1. The first-order valence-corrected chi connectivity index (χ1v) is 12.7. The van der Waals surface area contributed by atoms with Gasteiger partial charge in [-0.05, 0) is 90.6 Å². The third-order valence-electron chi connectivity index (χ3n) is 4.98. The van der Waals surface area contributed by atoms with Gasteiger partial charge < -0.3 is 18.9 Å². The fraction of sp³-hybridized carbons (Fsp3) is 0.500. The fourth-order valence-electron chi connectivity index (χ4n) is 3.34. The third kappa shape index (κ3) is 12.0. The van der Waals surface area contributed by atoms with Gasteiger partial charge in [0, 0.05) is 6.42 Å². The van der Waals surface area contributed by atoms with E-state index < -0.39 is 17.2 Å². The highest BCUT2D eigenvalue weighted by molar-refractivity contribution is 5.87. The van der Waals surface area contributed by atoms with Crippen molar-refractivity contribution in [1.82, 2.24) is 4.98 Å². The molecule has 0 amide bonds. The number of aryl methyl sites for hydroxylation is 1. The summed E-state index contributed by atoms with van der Waals surface area (Å²) in [6.45, 7) is 11.4. The topological polar surface area (TPSA) is 84.0 Å². The van der Waals surface area contributed by atoms with E-state index in [4.69, 9.17) is 18.9 Å². The molecule has 0 bridgehead atoms. The number of methoxy groups -OCH3 is 1. The average Bonchev–Trinajstić information content (AvgIpc) is 2.80. The van der Waals surface area contributed by atoms with Crippen molar-refractivity contribution in [2.24, 2.45) is 0 Å². The van der Waals surface area contributed by atoms with Gasteiger partial charge in [-0.2, -0.15) is 0 Å². The van der Waals surface area contributed by atoms with E-state index in [9.17, 15) is 9.59 Å². The Hall–Kier alpha value is -3.35. The normalized spacial score (nSPS) is 11.9. The minimum atomic E-state index is -0.633. The van der Waals surface area contributed by atoms with Gasteiger partial charge in [0.15, 0.2) is 0 Å². The first-order valence-electron chi connectivity index (χ1n) is 12.7. The molecular weight excluding hydrogens is 470 g/mol. The van der Waals surface area contributed by atoms with Gasteiger partial charge >= 0.3 is 11.9 Å². The first kappa shape index (κ1) is 29.9. The largest absolute Gasteiger partial charge is 0.497 e. The molecule has 0 aliphatic rings. The van der Waals surface area contributed by atoms with Crippen LogP contribution >= 0.6 is 0 Å². The molecule has 7 heteroatoms. The average molecular weight is 512 g/mol. The van der Waals surface area contributed by atoms with Crippen LogP contribution in [0.3, 0.4) is 0 Å². The van der Waals surface area contributed by atoms with Crippen LogP contribution in [-0.2, 0) is 20.7 Å². The number of rotatable bonds is 12. The molecule has 0 unspecified atom stereocenters. The van der Waals surface area contributed by atoms with E-state index in [1.807, 2.05) is 45.0 Å². The zero-order chi connectivity index (χ0) is 27.5. The third-order valence-corrected chi connectivity index (χ3v) is 4.98. The van der Waals surface area contributed by atoms with Gasteiger partial charge in [-0.1, -0.05) is 24.3 Å². The van der Waals surface area contributed by atoms with Gasteiger partial charge in [0.05, 0.1) is 25.8 Å². The summed E-state index contributed by atoms with van der Waals surface area (Å²) in [7, 11) is 1.66. The molecule has 0 atom stereocenters. The Bertz CT molecular complexity index is 1050. The van der Waals surface area contributed by atoms with Crippen molar-refractivity contribution in [3.8, 4) is 11.5 Å². The lowest BCUT2D eigenvalue weighted by molar-refractivity contribution is -0.154. The summed E-state index contributed by atoms with van der Waals surface area (Å²) >= 11 is 0. The number of hydrogen-bond donors (Lipinski definition) is 0. The summed E-state index contributed by atoms with van der Waals surface area (Å²) < 4.78 is 22.0. The van der Waals surface area contributed by atoms with Crippen molar-refractivity contribution in [2.75, 3.05) is 13.7 Å². The van der Waals surface area contributed by atoms with Crippen LogP contribution in [0.25, 0.3) is 6.08 Å². The van der Waals surface area contributed by atoms with Crippen molar-refractivity contribution in [2.45, 2.75) is 84.8 Å². The lowest BCUT2D eigenvalue weighted by atomic mass is 10.1. The summed E-state index contributed by atoms with van der Waals surface area (Å²) in [4.78, 5) is 29.2. The van der Waals surface area contributed by atoms with Crippen molar-refractivity contribution in [1.29, 1.82) is 0 Å². The summed E-state index contributed by atoms with van der Waals surface area (Å²) in [6, 6.07) is 11.2. The molecule has 0 saturated carbocycles. The quantitative estimate of drug-likeness (QED) is 0.235. The van der Waals surface area contributed by atoms with Crippen LogP contribution in [0.1, 0.15) is 89.0 Å². The van der Waals surface area contributed by atoms with Gasteiger partial charge in [0.25, 0.3) is 0 Å². The van der Waals surface area contributed by atoms with Gasteiger partial charge in [0.1, 0.15) is 28.4 Å².